The second kappa shape index (κ2) is 3.51. The predicted molar refractivity (Wildman–Crippen MR) is 52.8 cm³/mol. The average Bonchev–Trinajstić information content (AvgIpc) is 2.49. The molecule has 2 saturated heterocycles. The molecule has 0 saturated carbocycles. The standard InChI is InChI=1S/C10H18N2O2/c1-9-12(8-13)7-10(14-9)3-5-11(2)6-4-10/h8-9H,3-7H2,1-2H3. The minimum absolute atomic E-state index is 0.0455. The fourth-order valence-electron chi connectivity index (χ4n) is 2.35. The Kier molecular flexibility index (Phi) is 2.49. The van der Waals surface area contributed by atoms with Crippen molar-refractivity contribution in [3.63, 3.8) is 0 Å². The summed E-state index contributed by atoms with van der Waals surface area (Å²) in [6.45, 7) is 4.85. The molecule has 1 spiro atoms. The van der Waals surface area contributed by atoms with Gasteiger partial charge in [-0.3, -0.25) is 4.79 Å². The van der Waals surface area contributed by atoms with Crippen LogP contribution in [-0.4, -0.2) is 54.7 Å². The van der Waals surface area contributed by atoms with Crippen LogP contribution in [0.2, 0.25) is 0 Å². The maximum atomic E-state index is 10.7. The lowest BCUT2D eigenvalue weighted by Gasteiger charge is -2.36. The van der Waals surface area contributed by atoms with Crippen LogP contribution in [0.4, 0.5) is 0 Å². The lowest BCUT2D eigenvalue weighted by Crippen LogP contribution is -2.45. The van der Waals surface area contributed by atoms with Gasteiger partial charge in [-0.25, -0.2) is 0 Å². The van der Waals surface area contributed by atoms with Crippen LogP contribution < -0.4 is 0 Å². The smallest absolute Gasteiger partial charge is 0.211 e. The lowest BCUT2D eigenvalue weighted by atomic mass is 9.92. The van der Waals surface area contributed by atoms with Crippen molar-refractivity contribution in [1.82, 2.24) is 9.80 Å². The van der Waals surface area contributed by atoms with Gasteiger partial charge in [-0.15, -0.1) is 0 Å². The summed E-state index contributed by atoms with van der Waals surface area (Å²) in [6.07, 6.45) is 2.93. The number of piperidine rings is 1. The molecule has 2 aliphatic heterocycles. The number of likely N-dealkylation sites (tertiary alicyclic amines) is 1. The van der Waals surface area contributed by atoms with Gasteiger partial charge in [-0.1, -0.05) is 0 Å². The van der Waals surface area contributed by atoms with Crippen molar-refractivity contribution >= 4 is 6.41 Å². The SMILES string of the molecule is CC1OC2(CCN(C)CC2)CN1C=O. The molecule has 80 valence electrons. The first kappa shape index (κ1) is 9.93. The normalized spacial score (nSPS) is 32.4. The third-order valence-corrected chi connectivity index (χ3v) is 3.39. The van der Waals surface area contributed by atoms with Crippen molar-refractivity contribution in [1.29, 1.82) is 0 Å². The number of hydrogen-bond donors (Lipinski definition) is 0. The zero-order valence-corrected chi connectivity index (χ0v) is 8.90. The Morgan fingerprint density at radius 2 is 2.07 bits per heavy atom. The molecule has 0 N–H and O–H groups in total. The number of rotatable bonds is 1. The Morgan fingerprint density at radius 3 is 2.57 bits per heavy atom. The van der Waals surface area contributed by atoms with Crippen molar-refractivity contribution in [3.05, 3.63) is 0 Å². The first-order valence-electron chi connectivity index (χ1n) is 5.23. The Bertz CT molecular complexity index is 224. The molecule has 0 aromatic heterocycles. The Morgan fingerprint density at radius 1 is 1.43 bits per heavy atom. The number of ether oxygens (including phenoxy) is 1. The maximum absolute atomic E-state index is 10.7. The Hall–Kier alpha value is -0.610. The molecule has 1 unspecified atom stereocenters. The van der Waals surface area contributed by atoms with Crippen LogP contribution in [0.15, 0.2) is 0 Å². The first-order chi connectivity index (χ1) is 6.65. The van der Waals surface area contributed by atoms with E-state index in [4.69, 9.17) is 4.74 Å². The molecular weight excluding hydrogens is 180 g/mol. The van der Waals surface area contributed by atoms with Crippen LogP contribution >= 0.6 is 0 Å². The molecule has 1 amide bonds. The summed E-state index contributed by atoms with van der Waals surface area (Å²) < 4.78 is 5.91. The van der Waals surface area contributed by atoms with Gasteiger partial charge in [0.2, 0.25) is 6.41 Å². The van der Waals surface area contributed by atoms with Crippen molar-refractivity contribution in [2.24, 2.45) is 0 Å². The molecule has 0 aliphatic carbocycles. The van der Waals surface area contributed by atoms with E-state index in [0.29, 0.717) is 0 Å². The second-order valence-corrected chi connectivity index (χ2v) is 4.48. The minimum atomic E-state index is -0.0488. The fraction of sp³-hybridized carbons (Fsp3) is 0.900. The van der Waals surface area contributed by atoms with Crippen LogP contribution in [-0.2, 0) is 9.53 Å². The molecule has 0 radical (unpaired) electrons. The summed E-state index contributed by atoms with van der Waals surface area (Å²) in [5.41, 5.74) is -0.0488. The number of carbonyl (C=O) groups excluding carboxylic acids is 1. The van der Waals surface area contributed by atoms with Gasteiger partial charge in [0.05, 0.1) is 12.1 Å². The van der Waals surface area contributed by atoms with Crippen LogP contribution in [0.3, 0.4) is 0 Å². The van der Waals surface area contributed by atoms with Gasteiger partial charge in [-0.05, 0) is 26.8 Å². The fourth-order valence-corrected chi connectivity index (χ4v) is 2.35. The quantitative estimate of drug-likeness (QED) is 0.568. The van der Waals surface area contributed by atoms with Crippen molar-refractivity contribution < 1.29 is 9.53 Å². The van der Waals surface area contributed by atoms with E-state index < -0.39 is 0 Å². The van der Waals surface area contributed by atoms with E-state index in [1.54, 1.807) is 4.90 Å². The van der Waals surface area contributed by atoms with Crippen LogP contribution in [0.5, 0.6) is 0 Å². The van der Waals surface area contributed by atoms with Gasteiger partial charge in [-0.2, -0.15) is 0 Å². The van der Waals surface area contributed by atoms with Crippen molar-refractivity contribution in [2.75, 3.05) is 26.7 Å². The minimum Gasteiger partial charge on any atom is -0.350 e. The zero-order chi connectivity index (χ0) is 10.2. The van der Waals surface area contributed by atoms with Crippen molar-refractivity contribution in [2.45, 2.75) is 31.6 Å². The first-order valence-corrected chi connectivity index (χ1v) is 5.23. The van der Waals surface area contributed by atoms with Crippen LogP contribution in [0, 0.1) is 0 Å². The van der Waals surface area contributed by atoms with E-state index in [9.17, 15) is 4.79 Å². The van der Waals surface area contributed by atoms with Gasteiger partial charge < -0.3 is 14.5 Å². The number of hydrogen-bond acceptors (Lipinski definition) is 3. The summed E-state index contributed by atoms with van der Waals surface area (Å²) in [4.78, 5) is 14.8. The van der Waals surface area contributed by atoms with E-state index in [0.717, 1.165) is 38.9 Å². The monoisotopic (exact) mass is 198 g/mol. The molecule has 1 atom stereocenters. The highest BCUT2D eigenvalue weighted by Gasteiger charge is 2.44. The van der Waals surface area contributed by atoms with Gasteiger partial charge in [0, 0.05) is 13.1 Å². The topological polar surface area (TPSA) is 32.8 Å². The molecule has 4 heteroatoms. The van der Waals surface area contributed by atoms with Gasteiger partial charge in [0.15, 0.2) is 0 Å². The molecule has 14 heavy (non-hydrogen) atoms. The maximum Gasteiger partial charge on any atom is 0.211 e. The van der Waals surface area contributed by atoms with E-state index in [1.807, 2.05) is 6.92 Å². The summed E-state index contributed by atoms with van der Waals surface area (Å²) in [5, 5.41) is 0. The Balaban J connectivity index is 2.01. The third kappa shape index (κ3) is 1.64. The Labute approximate surface area is 84.8 Å². The largest absolute Gasteiger partial charge is 0.350 e. The molecule has 0 aromatic carbocycles. The van der Waals surface area contributed by atoms with E-state index in [2.05, 4.69) is 11.9 Å². The van der Waals surface area contributed by atoms with Gasteiger partial charge >= 0.3 is 0 Å². The predicted octanol–water partition coefficient (Wildman–Crippen LogP) is 0.285. The molecule has 2 heterocycles. The summed E-state index contributed by atoms with van der Waals surface area (Å²) in [7, 11) is 2.13. The van der Waals surface area contributed by atoms with Gasteiger partial charge in [0.1, 0.15) is 6.23 Å². The highest BCUT2D eigenvalue weighted by molar-refractivity contribution is 5.48. The lowest BCUT2D eigenvalue weighted by molar-refractivity contribution is -0.123. The van der Waals surface area contributed by atoms with Crippen molar-refractivity contribution in [3.8, 4) is 0 Å². The van der Waals surface area contributed by atoms with Gasteiger partial charge in [0.25, 0.3) is 0 Å². The molecule has 2 aliphatic rings. The number of carbonyl (C=O) groups is 1. The van der Waals surface area contributed by atoms with E-state index >= 15 is 0 Å². The molecular formula is C10H18N2O2. The second-order valence-electron chi connectivity index (χ2n) is 4.48. The molecule has 2 fully saturated rings. The molecule has 0 bridgehead atoms. The zero-order valence-electron chi connectivity index (χ0n) is 8.90. The van der Waals surface area contributed by atoms with Crippen LogP contribution in [0.1, 0.15) is 19.8 Å². The highest BCUT2D eigenvalue weighted by Crippen LogP contribution is 2.33. The summed E-state index contributed by atoms with van der Waals surface area (Å²) in [6, 6.07) is 0. The molecule has 4 nitrogen and oxygen atoms in total. The van der Waals surface area contributed by atoms with Crippen LogP contribution in [0.25, 0.3) is 0 Å². The molecule has 0 aromatic rings. The number of nitrogens with zero attached hydrogens (tertiary/aromatic N) is 2. The molecule has 2 rings (SSSR count). The average molecular weight is 198 g/mol. The third-order valence-electron chi connectivity index (χ3n) is 3.39. The highest BCUT2D eigenvalue weighted by atomic mass is 16.5. The van der Waals surface area contributed by atoms with E-state index in [-0.39, 0.29) is 11.8 Å². The summed E-state index contributed by atoms with van der Waals surface area (Å²) >= 11 is 0. The van der Waals surface area contributed by atoms with E-state index in [1.165, 1.54) is 0 Å². The summed E-state index contributed by atoms with van der Waals surface area (Å²) in [5.74, 6) is 0. The number of amides is 1.